The summed E-state index contributed by atoms with van der Waals surface area (Å²) in [5.41, 5.74) is 1.19. The fraction of sp³-hybridized carbons (Fsp3) is 0.562. The van der Waals surface area contributed by atoms with Gasteiger partial charge < -0.3 is 20.1 Å². The van der Waals surface area contributed by atoms with Gasteiger partial charge in [0.25, 0.3) is 0 Å². The molecule has 1 aliphatic heterocycles. The van der Waals surface area contributed by atoms with Crippen LogP contribution in [0.5, 0.6) is 0 Å². The van der Waals surface area contributed by atoms with Crippen LogP contribution in [0.3, 0.4) is 0 Å². The Morgan fingerprint density at radius 2 is 2.19 bits per heavy atom. The van der Waals surface area contributed by atoms with E-state index in [4.69, 9.17) is 9.47 Å². The number of rotatable bonds is 8. The van der Waals surface area contributed by atoms with Crippen LogP contribution >= 0.6 is 0 Å². The molecule has 0 aromatic heterocycles. The molecular formula is C16H24N2O3. The molecule has 1 atom stereocenters. The van der Waals surface area contributed by atoms with E-state index in [9.17, 15) is 4.79 Å². The first-order valence-corrected chi connectivity index (χ1v) is 7.57. The van der Waals surface area contributed by atoms with E-state index >= 15 is 0 Å². The Bertz CT molecular complexity index is 405. The molecule has 21 heavy (non-hydrogen) atoms. The van der Waals surface area contributed by atoms with Gasteiger partial charge in [0.15, 0.2) is 0 Å². The van der Waals surface area contributed by atoms with E-state index in [1.165, 1.54) is 5.56 Å². The summed E-state index contributed by atoms with van der Waals surface area (Å²) in [5, 5.41) is 6.06. The van der Waals surface area contributed by atoms with Crippen LogP contribution in [0.25, 0.3) is 0 Å². The molecule has 0 saturated carbocycles. The quantitative estimate of drug-likeness (QED) is 0.704. The normalized spacial score (nSPS) is 18.4. The van der Waals surface area contributed by atoms with Crippen LogP contribution in [0.2, 0.25) is 0 Å². The Labute approximate surface area is 126 Å². The first-order valence-electron chi connectivity index (χ1n) is 7.57. The first kappa shape index (κ1) is 15.9. The van der Waals surface area contributed by atoms with Crippen molar-refractivity contribution in [3.05, 3.63) is 35.9 Å². The predicted octanol–water partition coefficient (Wildman–Crippen LogP) is 1.09. The summed E-state index contributed by atoms with van der Waals surface area (Å²) in [6.07, 6.45) is 1.87. The second kappa shape index (κ2) is 9.50. The van der Waals surface area contributed by atoms with E-state index in [1.807, 2.05) is 18.2 Å². The van der Waals surface area contributed by atoms with Crippen LogP contribution in [0.4, 0.5) is 0 Å². The number of morpholine rings is 1. The zero-order chi connectivity index (χ0) is 14.8. The third kappa shape index (κ3) is 6.25. The first-order chi connectivity index (χ1) is 10.4. The lowest BCUT2D eigenvalue weighted by molar-refractivity contribution is -0.125. The molecule has 1 heterocycles. The standard InChI is InChI=1S/C16H24N2O3/c19-16(15-13-21-11-9-17-15)18-8-4-5-10-20-12-14-6-2-1-3-7-14/h1-3,6-7,15,17H,4-5,8-13H2,(H,18,19). The summed E-state index contributed by atoms with van der Waals surface area (Å²) in [4.78, 5) is 11.8. The minimum absolute atomic E-state index is 0.0277. The topological polar surface area (TPSA) is 59.6 Å². The number of unbranched alkanes of at least 4 members (excludes halogenated alkanes) is 1. The molecule has 0 spiro atoms. The molecule has 1 amide bonds. The molecule has 1 saturated heterocycles. The van der Waals surface area contributed by atoms with Crippen molar-refractivity contribution in [3.8, 4) is 0 Å². The highest BCUT2D eigenvalue weighted by atomic mass is 16.5. The maximum absolute atomic E-state index is 11.8. The molecule has 2 N–H and O–H groups in total. The Kier molecular flexibility index (Phi) is 7.21. The van der Waals surface area contributed by atoms with Gasteiger partial charge in [-0.1, -0.05) is 30.3 Å². The van der Waals surface area contributed by atoms with Gasteiger partial charge in [0.2, 0.25) is 5.91 Å². The van der Waals surface area contributed by atoms with Crippen molar-refractivity contribution in [2.45, 2.75) is 25.5 Å². The molecule has 116 valence electrons. The Morgan fingerprint density at radius 1 is 1.33 bits per heavy atom. The Balaban J connectivity index is 1.45. The van der Waals surface area contributed by atoms with Crippen molar-refractivity contribution in [1.82, 2.24) is 10.6 Å². The van der Waals surface area contributed by atoms with Gasteiger partial charge in [-0.3, -0.25) is 4.79 Å². The van der Waals surface area contributed by atoms with E-state index in [0.717, 1.165) is 26.0 Å². The van der Waals surface area contributed by atoms with Gasteiger partial charge in [-0.05, 0) is 18.4 Å². The number of hydrogen-bond donors (Lipinski definition) is 2. The molecule has 1 unspecified atom stereocenters. The average molecular weight is 292 g/mol. The zero-order valence-electron chi connectivity index (χ0n) is 12.3. The van der Waals surface area contributed by atoms with Crippen molar-refractivity contribution in [1.29, 1.82) is 0 Å². The van der Waals surface area contributed by atoms with Crippen molar-refractivity contribution in [3.63, 3.8) is 0 Å². The highest BCUT2D eigenvalue weighted by Gasteiger charge is 2.20. The van der Waals surface area contributed by atoms with Crippen molar-refractivity contribution < 1.29 is 14.3 Å². The van der Waals surface area contributed by atoms with Gasteiger partial charge in [0.1, 0.15) is 6.04 Å². The smallest absolute Gasteiger partial charge is 0.239 e. The third-order valence-corrected chi connectivity index (χ3v) is 3.36. The molecule has 1 aliphatic rings. The van der Waals surface area contributed by atoms with Crippen molar-refractivity contribution in [2.75, 3.05) is 32.9 Å². The maximum Gasteiger partial charge on any atom is 0.239 e. The monoisotopic (exact) mass is 292 g/mol. The van der Waals surface area contributed by atoms with Crippen LogP contribution in [0.15, 0.2) is 30.3 Å². The van der Waals surface area contributed by atoms with E-state index in [2.05, 4.69) is 22.8 Å². The summed E-state index contributed by atoms with van der Waals surface area (Å²) in [7, 11) is 0. The van der Waals surface area contributed by atoms with E-state index in [-0.39, 0.29) is 11.9 Å². The summed E-state index contributed by atoms with van der Waals surface area (Å²) in [6.45, 7) is 3.94. The van der Waals surface area contributed by atoms with Gasteiger partial charge in [0, 0.05) is 19.7 Å². The highest BCUT2D eigenvalue weighted by molar-refractivity contribution is 5.81. The zero-order valence-corrected chi connectivity index (χ0v) is 12.3. The molecule has 2 rings (SSSR count). The van der Waals surface area contributed by atoms with Crippen LogP contribution in [0, 0.1) is 0 Å². The fourth-order valence-corrected chi connectivity index (χ4v) is 2.16. The third-order valence-electron chi connectivity index (χ3n) is 3.36. The van der Waals surface area contributed by atoms with Crippen LogP contribution in [-0.2, 0) is 20.9 Å². The van der Waals surface area contributed by atoms with E-state index in [1.54, 1.807) is 0 Å². The molecule has 5 nitrogen and oxygen atoms in total. The van der Waals surface area contributed by atoms with Crippen molar-refractivity contribution in [2.24, 2.45) is 0 Å². The number of carbonyl (C=O) groups is 1. The Hall–Kier alpha value is -1.43. The lowest BCUT2D eigenvalue weighted by atomic mass is 10.2. The molecule has 1 aromatic carbocycles. The molecular weight excluding hydrogens is 268 g/mol. The molecule has 0 bridgehead atoms. The lowest BCUT2D eigenvalue weighted by Crippen LogP contribution is -2.51. The highest BCUT2D eigenvalue weighted by Crippen LogP contribution is 2.01. The molecule has 5 heteroatoms. The molecule has 1 aromatic rings. The minimum atomic E-state index is -0.201. The molecule has 0 radical (unpaired) electrons. The van der Waals surface area contributed by atoms with Gasteiger partial charge in [-0.2, -0.15) is 0 Å². The van der Waals surface area contributed by atoms with Crippen LogP contribution in [0.1, 0.15) is 18.4 Å². The number of carbonyl (C=O) groups excluding carboxylic acids is 1. The van der Waals surface area contributed by atoms with E-state index < -0.39 is 0 Å². The summed E-state index contributed by atoms with van der Waals surface area (Å²) in [5.74, 6) is 0.0277. The maximum atomic E-state index is 11.8. The van der Waals surface area contributed by atoms with Gasteiger partial charge in [0.05, 0.1) is 19.8 Å². The predicted molar refractivity (Wildman–Crippen MR) is 81.0 cm³/mol. The number of hydrogen-bond acceptors (Lipinski definition) is 4. The molecule has 0 aliphatic carbocycles. The van der Waals surface area contributed by atoms with Gasteiger partial charge in [-0.15, -0.1) is 0 Å². The average Bonchev–Trinajstić information content (AvgIpc) is 2.55. The SMILES string of the molecule is O=C(NCCCCOCc1ccccc1)C1COCCN1. The second-order valence-corrected chi connectivity index (χ2v) is 5.12. The number of nitrogens with one attached hydrogen (secondary N) is 2. The summed E-state index contributed by atoms with van der Waals surface area (Å²) in [6, 6.07) is 9.93. The summed E-state index contributed by atoms with van der Waals surface area (Å²) >= 11 is 0. The van der Waals surface area contributed by atoms with Gasteiger partial charge >= 0.3 is 0 Å². The number of benzene rings is 1. The second-order valence-electron chi connectivity index (χ2n) is 5.12. The van der Waals surface area contributed by atoms with Crippen LogP contribution < -0.4 is 10.6 Å². The summed E-state index contributed by atoms with van der Waals surface area (Å²) < 4.78 is 10.9. The molecule has 1 fully saturated rings. The number of ether oxygens (including phenoxy) is 2. The van der Waals surface area contributed by atoms with E-state index in [0.29, 0.717) is 26.4 Å². The largest absolute Gasteiger partial charge is 0.378 e. The number of amides is 1. The van der Waals surface area contributed by atoms with Crippen molar-refractivity contribution >= 4 is 5.91 Å². The minimum Gasteiger partial charge on any atom is -0.378 e. The fourth-order valence-electron chi connectivity index (χ4n) is 2.16. The lowest BCUT2D eigenvalue weighted by Gasteiger charge is -2.22. The van der Waals surface area contributed by atoms with Gasteiger partial charge in [-0.25, -0.2) is 0 Å². The van der Waals surface area contributed by atoms with Crippen LogP contribution in [-0.4, -0.2) is 44.9 Å². The Morgan fingerprint density at radius 3 is 2.95 bits per heavy atom.